The molecule has 116 valence electrons. The van der Waals surface area contributed by atoms with E-state index in [9.17, 15) is 10.1 Å². The molecule has 2 N–H and O–H groups in total. The lowest BCUT2D eigenvalue weighted by Gasteiger charge is -2.27. The molecule has 0 amide bonds. The Labute approximate surface area is 138 Å². The first-order valence-electron chi connectivity index (χ1n) is 6.98. The van der Waals surface area contributed by atoms with Crippen LogP contribution in [-0.4, -0.2) is 4.57 Å². The van der Waals surface area contributed by atoms with Crippen molar-refractivity contribution in [3.63, 3.8) is 0 Å². The molecule has 23 heavy (non-hydrogen) atoms. The van der Waals surface area contributed by atoms with Gasteiger partial charge in [0.05, 0.1) is 11.5 Å². The van der Waals surface area contributed by atoms with E-state index in [1.54, 1.807) is 44.3 Å². The van der Waals surface area contributed by atoms with Crippen molar-refractivity contribution >= 4 is 11.6 Å². The second-order valence-electron chi connectivity index (χ2n) is 5.37. The minimum atomic E-state index is -0.642. The topological polar surface area (TPSA) is 81.0 Å². The highest BCUT2D eigenvalue weighted by Crippen LogP contribution is 2.42. The van der Waals surface area contributed by atoms with Gasteiger partial charge in [0.25, 0.3) is 5.56 Å². The average Bonchev–Trinajstić information content (AvgIpc) is 2.52. The van der Waals surface area contributed by atoms with Crippen LogP contribution >= 0.6 is 11.6 Å². The van der Waals surface area contributed by atoms with Crippen molar-refractivity contribution in [1.29, 1.82) is 5.26 Å². The molecule has 1 aromatic heterocycles. The fourth-order valence-electron chi connectivity index (χ4n) is 2.76. The number of aromatic nitrogens is 1. The molecule has 1 aromatic carbocycles. The van der Waals surface area contributed by atoms with Gasteiger partial charge in [-0.15, -0.1) is 0 Å². The summed E-state index contributed by atoms with van der Waals surface area (Å²) in [6.45, 7) is 1.80. The number of aryl methyl sites for hydroxylation is 1. The third-order valence-electron chi connectivity index (χ3n) is 4.07. The number of nitrogens with zero attached hydrogens (tertiary/aromatic N) is 2. The van der Waals surface area contributed by atoms with Crippen molar-refractivity contribution in [1.82, 2.24) is 4.57 Å². The van der Waals surface area contributed by atoms with Gasteiger partial charge in [0.15, 0.2) is 0 Å². The van der Waals surface area contributed by atoms with Crippen LogP contribution in [0.4, 0.5) is 0 Å². The standard InChI is InChI=1S/C17H14ClN3O2/c1-9-7-13-15(17(22)21(9)2)14(11(8-19)16(20)23-13)10-5-3-4-6-12(10)18/h3-7,14H,20H2,1-2H3/t14-/m1/s1. The third kappa shape index (κ3) is 2.28. The Kier molecular flexibility index (Phi) is 3.63. The summed E-state index contributed by atoms with van der Waals surface area (Å²) in [5.74, 6) is -0.277. The summed E-state index contributed by atoms with van der Waals surface area (Å²) in [6.07, 6.45) is 0. The number of nitrogens with two attached hydrogens (primary N) is 1. The van der Waals surface area contributed by atoms with Gasteiger partial charge in [-0.1, -0.05) is 29.8 Å². The molecule has 0 aliphatic carbocycles. The minimum absolute atomic E-state index is 0.00225. The number of halogens is 1. The predicted molar refractivity (Wildman–Crippen MR) is 87.2 cm³/mol. The first-order chi connectivity index (χ1) is 11.0. The van der Waals surface area contributed by atoms with E-state index in [0.29, 0.717) is 21.9 Å². The Bertz CT molecular complexity index is 938. The number of nitriles is 1. The monoisotopic (exact) mass is 327 g/mol. The number of rotatable bonds is 1. The zero-order chi connectivity index (χ0) is 16.7. The lowest BCUT2D eigenvalue weighted by atomic mass is 9.84. The molecule has 0 spiro atoms. The molecule has 0 saturated carbocycles. The summed E-state index contributed by atoms with van der Waals surface area (Å²) in [7, 11) is 1.68. The molecule has 2 aromatic rings. The van der Waals surface area contributed by atoms with Gasteiger partial charge in [0.2, 0.25) is 5.88 Å². The van der Waals surface area contributed by atoms with E-state index in [1.165, 1.54) is 4.57 Å². The number of ether oxygens (including phenoxy) is 1. The van der Waals surface area contributed by atoms with Crippen LogP contribution in [0.1, 0.15) is 22.7 Å². The Morgan fingerprint density at radius 3 is 2.74 bits per heavy atom. The van der Waals surface area contributed by atoms with E-state index in [1.807, 2.05) is 0 Å². The van der Waals surface area contributed by atoms with Gasteiger partial charge in [0, 0.05) is 23.8 Å². The van der Waals surface area contributed by atoms with Crippen molar-refractivity contribution in [3.8, 4) is 11.8 Å². The van der Waals surface area contributed by atoms with Gasteiger partial charge in [-0.25, -0.2) is 0 Å². The first kappa shape index (κ1) is 15.2. The molecule has 5 nitrogen and oxygen atoms in total. The van der Waals surface area contributed by atoms with Gasteiger partial charge in [-0.3, -0.25) is 4.79 Å². The molecule has 1 aliphatic heterocycles. The van der Waals surface area contributed by atoms with E-state index >= 15 is 0 Å². The summed E-state index contributed by atoms with van der Waals surface area (Å²) in [5, 5.41) is 9.97. The number of hydrogen-bond acceptors (Lipinski definition) is 4. The normalized spacial score (nSPS) is 16.5. The van der Waals surface area contributed by atoms with Crippen molar-refractivity contribution in [2.75, 3.05) is 0 Å². The summed E-state index contributed by atoms with van der Waals surface area (Å²) in [4.78, 5) is 12.8. The molecular weight excluding hydrogens is 314 g/mol. The molecule has 3 rings (SSSR count). The van der Waals surface area contributed by atoms with Crippen LogP contribution in [0.25, 0.3) is 0 Å². The maximum Gasteiger partial charge on any atom is 0.258 e. The Hall–Kier alpha value is -2.71. The SMILES string of the molecule is Cc1cc2c(c(=O)n1C)[C@H](c1ccccc1Cl)C(C#N)=C(N)O2. The van der Waals surface area contributed by atoms with E-state index in [0.717, 1.165) is 5.69 Å². The van der Waals surface area contributed by atoms with Gasteiger partial charge < -0.3 is 15.0 Å². The van der Waals surface area contributed by atoms with Crippen molar-refractivity contribution < 1.29 is 4.74 Å². The minimum Gasteiger partial charge on any atom is -0.440 e. The Balaban J connectivity index is 2.39. The van der Waals surface area contributed by atoms with Gasteiger partial charge >= 0.3 is 0 Å². The number of hydrogen-bond donors (Lipinski definition) is 1. The number of benzene rings is 1. The summed E-state index contributed by atoms with van der Waals surface area (Å²) in [5.41, 5.74) is 7.62. The van der Waals surface area contributed by atoms with Gasteiger partial charge in [-0.05, 0) is 18.6 Å². The molecule has 0 saturated heterocycles. The Morgan fingerprint density at radius 1 is 1.39 bits per heavy atom. The van der Waals surface area contributed by atoms with Crippen LogP contribution in [0.15, 0.2) is 46.6 Å². The predicted octanol–water partition coefficient (Wildman–Crippen LogP) is 2.57. The van der Waals surface area contributed by atoms with Gasteiger partial charge in [0.1, 0.15) is 17.4 Å². The number of allylic oxidation sites excluding steroid dienone is 1. The molecule has 6 heteroatoms. The average molecular weight is 328 g/mol. The van der Waals surface area contributed by atoms with Crippen LogP contribution < -0.4 is 16.0 Å². The third-order valence-corrected chi connectivity index (χ3v) is 4.41. The van der Waals surface area contributed by atoms with Crippen LogP contribution in [-0.2, 0) is 7.05 Å². The maximum atomic E-state index is 12.8. The first-order valence-corrected chi connectivity index (χ1v) is 7.36. The molecule has 0 unspecified atom stereocenters. The summed E-state index contributed by atoms with van der Waals surface area (Å²) in [6, 6.07) is 10.9. The molecule has 1 aliphatic rings. The lowest BCUT2D eigenvalue weighted by molar-refractivity contribution is 0.389. The smallest absolute Gasteiger partial charge is 0.258 e. The lowest BCUT2D eigenvalue weighted by Crippen LogP contribution is -2.31. The maximum absolute atomic E-state index is 12.8. The van der Waals surface area contributed by atoms with Crippen LogP contribution in [0.3, 0.4) is 0 Å². The van der Waals surface area contributed by atoms with Crippen LogP contribution in [0.5, 0.6) is 5.75 Å². The highest BCUT2D eigenvalue weighted by Gasteiger charge is 2.34. The molecule has 0 radical (unpaired) electrons. The zero-order valence-electron chi connectivity index (χ0n) is 12.6. The van der Waals surface area contributed by atoms with Crippen molar-refractivity contribution in [2.24, 2.45) is 12.8 Å². The highest BCUT2D eigenvalue weighted by molar-refractivity contribution is 6.31. The van der Waals surface area contributed by atoms with Crippen LogP contribution in [0, 0.1) is 18.3 Å². The van der Waals surface area contributed by atoms with Crippen molar-refractivity contribution in [2.45, 2.75) is 12.8 Å². The second-order valence-corrected chi connectivity index (χ2v) is 5.78. The zero-order valence-corrected chi connectivity index (χ0v) is 13.4. The van der Waals surface area contributed by atoms with E-state index in [2.05, 4.69) is 6.07 Å². The number of pyridine rings is 1. The van der Waals surface area contributed by atoms with Crippen LogP contribution in [0.2, 0.25) is 5.02 Å². The molecule has 2 heterocycles. The molecular formula is C17H14ClN3O2. The molecule has 1 atom stereocenters. The van der Waals surface area contributed by atoms with E-state index in [4.69, 9.17) is 22.1 Å². The van der Waals surface area contributed by atoms with Crippen molar-refractivity contribution in [3.05, 3.63) is 74.0 Å². The fourth-order valence-corrected chi connectivity index (χ4v) is 3.01. The van der Waals surface area contributed by atoms with E-state index < -0.39 is 5.92 Å². The summed E-state index contributed by atoms with van der Waals surface area (Å²) >= 11 is 6.29. The summed E-state index contributed by atoms with van der Waals surface area (Å²) < 4.78 is 7.04. The van der Waals surface area contributed by atoms with E-state index in [-0.39, 0.29) is 17.0 Å². The molecule has 0 fully saturated rings. The quantitative estimate of drug-likeness (QED) is 0.872. The second kappa shape index (κ2) is 5.49. The largest absolute Gasteiger partial charge is 0.440 e. The highest BCUT2D eigenvalue weighted by atomic mass is 35.5. The molecule has 0 bridgehead atoms. The van der Waals surface area contributed by atoms with Gasteiger partial charge in [-0.2, -0.15) is 5.26 Å². The Morgan fingerprint density at radius 2 is 2.09 bits per heavy atom. The number of fused-ring (bicyclic) bond motifs is 1. The fraction of sp³-hybridized carbons (Fsp3) is 0.176.